The highest BCUT2D eigenvalue weighted by atomic mass is 16.5. The molecular formula is C16H18N4O2. The van der Waals surface area contributed by atoms with Gasteiger partial charge in [-0.2, -0.15) is 0 Å². The van der Waals surface area contributed by atoms with Crippen molar-refractivity contribution in [3.63, 3.8) is 0 Å². The van der Waals surface area contributed by atoms with E-state index in [0.29, 0.717) is 32.0 Å². The molecule has 114 valence electrons. The number of rotatable bonds is 3. The lowest BCUT2D eigenvalue weighted by Crippen LogP contribution is -2.36. The molecule has 1 fully saturated rings. The summed E-state index contributed by atoms with van der Waals surface area (Å²) in [5.41, 5.74) is 1.45. The standard InChI is InChI=1S/C16H18N4O2/c21-16(15-3-1-2-5-18-15)20-7-8-22-11-13(10-20)9-14-4-6-17-12-19-14/h1-6,12-13H,7-11H2/t13-/m0/s1. The molecule has 0 unspecified atom stereocenters. The number of aromatic nitrogens is 3. The SMILES string of the molecule is O=C(c1ccccn1)N1CCOC[C@@H](Cc2ccncn2)C1. The Kier molecular flexibility index (Phi) is 4.70. The van der Waals surface area contributed by atoms with E-state index in [9.17, 15) is 4.79 Å². The number of nitrogens with zero attached hydrogens (tertiary/aromatic N) is 4. The lowest BCUT2D eigenvalue weighted by molar-refractivity contribution is 0.0731. The average molecular weight is 298 g/mol. The lowest BCUT2D eigenvalue weighted by Gasteiger charge is -2.23. The molecule has 1 saturated heterocycles. The molecule has 2 aromatic heterocycles. The Balaban J connectivity index is 1.69. The van der Waals surface area contributed by atoms with Crippen molar-refractivity contribution in [1.82, 2.24) is 19.9 Å². The maximum atomic E-state index is 12.5. The van der Waals surface area contributed by atoms with Crippen LogP contribution in [0.3, 0.4) is 0 Å². The predicted octanol–water partition coefficient (Wildman–Crippen LogP) is 1.20. The van der Waals surface area contributed by atoms with Crippen molar-refractivity contribution >= 4 is 5.91 Å². The molecule has 22 heavy (non-hydrogen) atoms. The number of amides is 1. The van der Waals surface area contributed by atoms with Gasteiger partial charge in [0.15, 0.2) is 0 Å². The quantitative estimate of drug-likeness (QED) is 0.852. The third kappa shape index (κ3) is 3.65. The summed E-state index contributed by atoms with van der Waals surface area (Å²) in [6.07, 6.45) is 5.69. The fourth-order valence-electron chi connectivity index (χ4n) is 2.57. The molecule has 0 radical (unpaired) electrons. The zero-order valence-corrected chi connectivity index (χ0v) is 12.3. The maximum Gasteiger partial charge on any atom is 0.272 e. The minimum absolute atomic E-state index is 0.0428. The van der Waals surface area contributed by atoms with Crippen LogP contribution < -0.4 is 0 Å². The molecule has 1 amide bonds. The zero-order chi connectivity index (χ0) is 15.2. The van der Waals surface area contributed by atoms with Gasteiger partial charge in [-0.3, -0.25) is 9.78 Å². The van der Waals surface area contributed by atoms with Crippen LogP contribution in [0.1, 0.15) is 16.2 Å². The smallest absolute Gasteiger partial charge is 0.272 e. The van der Waals surface area contributed by atoms with Gasteiger partial charge in [0, 0.05) is 37.1 Å². The number of hydrogen-bond donors (Lipinski definition) is 0. The summed E-state index contributed by atoms with van der Waals surface area (Å²) in [5, 5.41) is 0. The van der Waals surface area contributed by atoms with Crippen molar-refractivity contribution in [1.29, 1.82) is 0 Å². The first-order chi connectivity index (χ1) is 10.8. The minimum Gasteiger partial charge on any atom is -0.379 e. The molecule has 0 saturated carbocycles. The third-order valence-electron chi connectivity index (χ3n) is 3.65. The van der Waals surface area contributed by atoms with Crippen LogP contribution in [-0.2, 0) is 11.2 Å². The van der Waals surface area contributed by atoms with Crippen molar-refractivity contribution in [2.24, 2.45) is 5.92 Å². The van der Waals surface area contributed by atoms with Crippen LogP contribution in [0.2, 0.25) is 0 Å². The van der Waals surface area contributed by atoms with E-state index in [2.05, 4.69) is 15.0 Å². The van der Waals surface area contributed by atoms with Crippen LogP contribution in [-0.4, -0.2) is 52.1 Å². The van der Waals surface area contributed by atoms with Gasteiger partial charge >= 0.3 is 0 Å². The lowest BCUT2D eigenvalue weighted by atomic mass is 10.0. The van der Waals surface area contributed by atoms with Gasteiger partial charge in [-0.25, -0.2) is 9.97 Å². The summed E-state index contributed by atoms with van der Waals surface area (Å²) in [6, 6.07) is 7.27. The molecule has 1 aliphatic rings. The molecule has 0 aliphatic carbocycles. The highest BCUT2D eigenvalue weighted by Crippen LogP contribution is 2.14. The summed E-state index contributed by atoms with van der Waals surface area (Å²) >= 11 is 0. The fourth-order valence-corrected chi connectivity index (χ4v) is 2.57. The van der Waals surface area contributed by atoms with Crippen LogP contribution in [0, 0.1) is 5.92 Å². The summed E-state index contributed by atoms with van der Waals surface area (Å²) in [5.74, 6) is 0.184. The van der Waals surface area contributed by atoms with E-state index >= 15 is 0 Å². The fraction of sp³-hybridized carbons (Fsp3) is 0.375. The van der Waals surface area contributed by atoms with Crippen molar-refractivity contribution in [2.75, 3.05) is 26.3 Å². The summed E-state index contributed by atoms with van der Waals surface area (Å²) < 4.78 is 5.64. The van der Waals surface area contributed by atoms with E-state index in [1.165, 1.54) is 0 Å². The third-order valence-corrected chi connectivity index (χ3v) is 3.65. The Hall–Kier alpha value is -2.34. The van der Waals surface area contributed by atoms with Crippen molar-refractivity contribution < 1.29 is 9.53 Å². The van der Waals surface area contributed by atoms with Crippen molar-refractivity contribution in [3.05, 3.63) is 54.4 Å². The first-order valence-electron chi connectivity index (χ1n) is 7.36. The summed E-state index contributed by atoms with van der Waals surface area (Å²) in [4.78, 5) is 26.7. The van der Waals surface area contributed by atoms with Crippen LogP contribution in [0.4, 0.5) is 0 Å². The minimum atomic E-state index is -0.0428. The molecule has 1 atom stereocenters. The first-order valence-corrected chi connectivity index (χ1v) is 7.36. The second kappa shape index (κ2) is 7.09. The largest absolute Gasteiger partial charge is 0.379 e. The Morgan fingerprint density at radius 2 is 2.23 bits per heavy atom. The molecule has 1 aliphatic heterocycles. The molecule has 0 spiro atoms. The Morgan fingerprint density at radius 3 is 3.00 bits per heavy atom. The molecular weight excluding hydrogens is 280 g/mol. The highest BCUT2D eigenvalue weighted by molar-refractivity contribution is 5.92. The predicted molar refractivity (Wildman–Crippen MR) is 80.2 cm³/mol. The molecule has 6 heteroatoms. The van der Waals surface area contributed by atoms with Crippen LogP contribution in [0.5, 0.6) is 0 Å². The van der Waals surface area contributed by atoms with Crippen molar-refractivity contribution in [2.45, 2.75) is 6.42 Å². The van der Waals surface area contributed by atoms with Crippen LogP contribution in [0.25, 0.3) is 0 Å². The van der Waals surface area contributed by atoms with E-state index < -0.39 is 0 Å². The topological polar surface area (TPSA) is 68.2 Å². The summed E-state index contributed by atoms with van der Waals surface area (Å²) in [7, 11) is 0. The molecule has 6 nitrogen and oxygen atoms in total. The maximum absolute atomic E-state index is 12.5. The Bertz CT molecular complexity index is 606. The van der Waals surface area contributed by atoms with E-state index in [0.717, 1.165) is 12.1 Å². The van der Waals surface area contributed by atoms with Crippen LogP contribution >= 0.6 is 0 Å². The molecule has 0 N–H and O–H groups in total. The number of pyridine rings is 1. The number of ether oxygens (including phenoxy) is 1. The monoisotopic (exact) mass is 298 g/mol. The zero-order valence-electron chi connectivity index (χ0n) is 12.3. The van der Waals surface area contributed by atoms with E-state index in [1.54, 1.807) is 30.9 Å². The van der Waals surface area contributed by atoms with Gasteiger partial charge in [0.1, 0.15) is 12.0 Å². The highest BCUT2D eigenvalue weighted by Gasteiger charge is 2.24. The number of carbonyl (C=O) groups is 1. The molecule has 0 bridgehead atoms. The number of hydrogen-bond acceptors (Lipinski definition) is 5. The first kappa shape index (κ1) is 14.6. The van der Waals surface area contributed by atoms with Gasteiger partial charge in [0.25, 0.3) is 5.91 Å². The Morgan fingerprint density at radius 1 is 1.27 bits per heavy atom. The molecule has 3 rings (SSSR count). The van der Waals surface area contributed by atoms with E-state index in [-0.39, 0.29) is 11.8 Å². The van der Waals surface area contributed by atoms with Gasteiger partial charge in [-0.1, -0.05) is 6.07 Å². The van der Waals surface area contributed by atoms with Crippen molar-refractivity contribution in [3.8, 4) is 0 Å². The number of carbonyl (C=O) groups excluding carboxylic acids is 1. The van der Waals surface area contributed by atoms with E-state index in [4.69, 9.17) is 4.74 Å². The normalized spacial score (nSPS) is 18.7. The molecule has 2 aromatic rings. The second-order valence-electron chi connectivity index (χ2n) is 5.31. The summed E-state index contributed by atoms with van der Waals surface area (Å²) in [6.45, 7) is 2.43. The van der Waals surface area contributed by atoms with Gasteiger partial charge in [-0.15, -0.1) is 0 Å². The average Bonchev–Trinajstić information content (AvgIpc) is 2.81. The molecule has 0 aromatic carbocycles. The van der Waals surface area contributed by atoms with E-state index in [1.807, 2.05) is 17.0 Å². The van der Waals surface area contributed by atoms with Gasteiger partial charge in [0.2, 0.25) is 0 Å². The van der Waals surface area contributed by atoms with Gasteiger partial charge in [0.05, 0.1) is 13.2 Å². The molecule has 3 heterocycles. The second-order valence-corrected chi connectivity index (χ2v) is 5.31. The Labute approximate surface area is 129 Å². The van der Waals surface area contributed by atoms with Crippen LogP contribution in [0.15, 0.2) is 43.0 Å². The van der Waals surface area contributed by atoms with Gasteiger partial charge in [-0.05, 0) is 24.6 Å². The van der Waals surface area contributed by atoms with Gasteiger partial charge < -0.3 is 9.64 Å².